The molecule has 2 heterocycles. The topological polar surface area (TPSA) is 78.3 Å². The van der Waals surface area contributed by atoms with Crippen LogP contribution in [0.15, 0.2) is 35.7 Å². The number of allylic oxidation sites excluding steroid dienone is 1. The zero-order valence-corrected chi connectivity index (χ0v) is 15.4. The van der Waals surface area contributed by atoms with Crippen LogP contribution in [0.25, 0.3) is 5.69 Å². The van der Waals surface area contributed by atoms with E-state index in [2.05, 4.69) is 5.10 Å². The highest BCUT2D eigenvalue weighted by Crippen LogP contribution is 2.28. The van der Waals surface area contributed by atoms with E-state index in [0.29, 0.717) is 5.69 Å². The summed E-state index contributed by atoms with van der Waals surface area (Å²) in [5, 5.41) is 5.72. The maximum atomic E-state index is 13.2. The molecular formula is C19H19FN2O4S. The highest BCUT2D eigenvalue weighted by atomic mass is 32.2. The van der Waals surface area contributed by atoms with Crippen LogP contribution in [0.1, 0.15) is 29.8 Å². The van der Waals surface area contributed by atoms with Crippen molar-refractivity contribution in [2.24, 2.45) is 5.92 Å². The van der Waals surface area contributed by atoms with Crippen molar-refractivity contribution in [1.29, 1.82) is 0 Å². The van der Waals surface area contributed by atoms with Crippen molar-refractivity contribution in [2.75, 3.05) is 5.75 Å². The number of hydrogen-bond donors (Lipinski definition) is 0. The van der Waals surface area contributed by atoms with Crippen molar-refractivity contribution in [3.63, 3.8) is 0 Å². The average molecular weight is 390 g/mol. The van der Waals surface area contributed by atoms with Crippen molar-refractivity contribution < 1.29 is 22.3 Å². The van der Waals surface area contributed by atoms with Crippen molar-refractivity contribution in [1.82, 2.24) is 9.78 Å². The molecule has 1 aromatic carbocycles. The number of nitrogens with zero attached hydrogens (tertiary/aromatic N) is 2. The van der Waals surface area contributed by atoms with E-state index in [1.54, 1.807) is 16.8 Å². The number of ether oxygens (including phenoxy) is 1. The second-order valence-corrected chi connectivity index (χ2v) is 8.83. The van der Waals surface area contributed by atoms with Gasteiger partial charge in [-0.25, -0.2) is 17.5 Å². The Hall–Kier alpha value is -2.48. The van der Waals surface area contributed by atoms with Crippen LogP contribution in [0, 0.1) is 11.7 Å². The number of esters is 1. The van der Waals surface area contributed by atoms with Crippen molar-refractivity contribution in [2.45, 2.75) is 32.3 Å². The molecule has 8 heteroatoms. The molecule has 0 N–H and O–H groups in total. The fourth-order valence-electron chi connectivity index (χ4n) is 3.61. The minimum Gasteiger partial charge on any atom is -0.459 e. The summed E-state index contributed by atoms with van der Waals surface area (Å²) in [5.74, 6) is -1.12. The molecule has 1 aliphatic carbocycles. The summed E-state index contributed by atoms with van der Waals surface area (Å²) in [5.41, 5.74) is 3.62. The van der Waals surface area contributed by atoms with Gasteiger partial charge in [0.25, 0.3) is 0 Å². The number of carbonyl (C=O) groups is 1. The van der Waals surface area contributed by atoms with Crippen LogP contribution in [0.2, 0.25) is 0 Å². The van der Waals surface area contributed by atoms with Crippen molar-refractivity contribution in [3.05, 3.63) is 58.5 Å². The van der Waals surface area contributed by atoms with Gasteiger partial charge in [0.2, 0.25) is 0 Å². The molecule has 27 heavy (non-hydrogen) atoms. The molecule has 0 saturated heterocycles. The molecule has 0 bridgehead atoms. The molecule has 1 atom stereocenters. The van der Waals surface area contributed by atoms with E-state index in [0.717, 1.165) is 41.6 Å². The first-order chi connectivity index (χ1) is 12.9. The second-order valence-electron chi connectivity index (χ2n) is 6.90. The van der Waals surface area contributed by atoms with Crippen LogP contribution < -0.4 is 0 Å². The first kappa shape index (κ1) is 17.9. The molecule has 0 spiro atoms. The molecule has 2 aromatic rings. The molecule has 6 nitrogen and oxygen atoms in total. The fourth-order valence-corrected chi connectivity index (χ4v) is 5.01. The lowest BCUT2D eigenvalue weighted by Crippen LogP contribution is -2.14. The van der Waals surface area contributed by atoms with E-state index in [-0.39, 0.29) is 30.5 Å². The molecule has 142 valence electrons. The van der Waals surface area contributed by atoms with Gasteiger partial charge in [-0.1, -0.05) is 6.08 Å². The van der Waals surface area contributed by atoms with Gasteiger partial charge < -0.3 is 4.74 Å². The summed E-state index contributed by atoms with van der Waals surface area (Å²) >= 11 is 0. The van der Waals surface area contributed by atoms with E-state index in [1.807, 2.05) is 0 Å². The number of halogens is 1. The highest BCUT2D eigenvalue weighted by molar-refractivity contribution is 7.94. The minimum absolute atomic E-state index is 0.0383. The Morgan fingerprint density at radius 2 is 2.04 bits per heavy atom. The largest absolute Gasteiger partial charge is 0.459 e. The van der Waals surface area contributed by atoms with Crippen molar-refractivity contribution >= 4 is 15.8 Å². The SMILES string of the molecule is O=C(CC1C=CS(=O)(=O)C1)OCc1nn(-c2ccc(F)cc2)c2c1CCC2. The molecule has 1 aliphatic heterocycles. The molecule has 0 fully saturated rings. The Labute approximate surface area is 156 Å². The predicted octanol–water partition coefficient (Wildman–Crippen LogP) is 2.49. The standard InChI is InChI=1S/C19H19FN2O4S/c20-14-4-6-15(7-5-14)22-18-3-1-2-16(18)17(21-22)11-26-19(23)10-13-8-9-27(24,25)12-13/h4-9,13H,1-3,10-12H2. The Morgan fingerprint density at radius 3 is 2.74 bits per heavy atom. The maximum absolute atomic E-state index is 13.2. The molecule has 1 unspecified atom stereocenters. The summed E-state index contributed by atoms with van der Waals surface area (Å²) < 4.78 is 43.1. The molecule has 1 aromatic heterocycles. The Kier molecular flexibility index (Phi) is 4.59. The molecule has 0 radical (unpaired) electrons. The fraction of sp³-hybridized carbons (Fsp3) is 0.368. The third kappa shape index (κ3) is 3.80. The highest BCUT2D eigenvalue weighted by Gasteiger charge is 2.26. The van der Waals surface area contributed by atoms with Crippen LogP contribution in [0.4, 0.5) is 4.39 Å². The number of carbonyl (C=O) groups excluding carboxylic acids is 1. The van der Waals surface area contributed by atoms with Gasteiger partial charge >= 0.3 is 5.97 Å². The Balaban J connectivity index is 1.45. The van der Waals surface area contributed by atoms with Gasteiger partial charge in [-0.3, -0.25) is 4.79 Å². The number of aromatic nitrogens is 2. The monoisotopic (exact) mass is 390 g/mol. The van der Waals surface area contributed by atoms with Crippen LogP contribution in [-0.2, 0) is 38.8 Å². The normalized spacial score (nSPS) is 20.0. The lowest BCUT2D eigenvalue weighted by atomic mass is 10.1. The minimum atomic E-state index is -3.18. The zero-order chi connectivity index (χ0) is 19.0. The molecular weight excluding hydrogens is 371 g/mol. The lowest BCUT2D eigenvalue weighted by Gasteiger charge is -2.07. The van der Waals surface area contributed by atoms with E-state index < -0.39 is 15.8 Å². The lowest BCUT2D eigenvalue weighted by molar-refractivity contribution is -0.145. The van der Waals surface area contributed by atoms with Gasteiger partial charge in [0.05, 0.1) is 17.9 Å². The smallest absolute Gasteiger partial charge is 0.306 e. The average Bonchev–Trinajstić information content (AvgIpc) is 3.30. The molecule has 2 aliphatic rings. The molecule has 4 rings (SSSR count). The van der Waals surface area contributed by atoms with E-state index in [9.17, 15) is 17.6 Å². The van der Waals surface area contributed by atoms with Gasteiger partial charge in [0.15, 0.2) is 9.84 Å². The summed E-state index contributed by atoms with van der Waals surface area (Å²) in [4.78, 5) is 12.1. The van der Waals surface area contributed by atoms with E-state index >= 15 is 0 Å². The number of rotatable bonds is 5. The predicted molar refractivity (Wildman–Crippen MR) is 96.4 cm³/mol. The summed E-state index contributed by atoms with van der Waals surface area (Å²) in [6, 6.07) is 6.12. The van der Waals surface area contributed by atoms with Crippen LogP contribution in [0.5, 0.6) is 0 Å². The van der Waals surface area contributed by atoms with E-state index in [4.69, 9.17) is 4.74 Å². The third-order valence-corrected chi connectivity index (χ3v) is 6.35. The number of fused-ring (bicyclic) bond motifs is 1. The van der Waals surface area contributed by atoms with E-state index in [1.165, 1.54) is 18.2 Å². The maximum Gasteiger partial charge on any atom is 0.306 e. The number of sulfone groups is 1. The summed E-state index contributed by atoms with van der Waals surface area (Å²) in [6.07, 6.45) is 4.32. The number of hydrogen-bond acceptors (Lipinski definition) is 5. The Bertz CT molecular complexity index is 1010. The van der Waals surface area contributed by atoms with Crippen LogP contribution in [0.3, 0.4) is 0 Å². The van der Waals surface area contributed by atoms with Gasteiger partial charge in [0.1, 0.15) is 18.1 Å². The zero-order valence-electron chi connectivity index (χ0n) is 14.6. The first-order valence-electron chi connectivity index (χ1n) is 8.83. The van der Waals surface area contributed by atoms with Crippen LogP contribution in [-0.4, -0.2) is 29.9 Å². The Morgan fingerprint density at radius 1 is 1.26 bits per heavy atom. The van der Waals surface area contributed by atoms with Crippen molar-refractivity contribution in [3.8, 4) is 5.69 Å². The quantitative estimate of drug-likeness (QED) is 0.733. The third-order valence-electron chi connectivity index (χ3n) is 4.89. The molecule has 0 saturated carbocycles. The first-order valence-corrected chi connectivity index (χ1v) is 10.5. The van der Waals surface area contributed by atoms with Crippen LogP contribution >= 0.6 is 0 Å². The van der Waals surface area contributed by atoms with Gasteiger partial charge in [-0.2, -0.15) is 5.10 Å². The van der Waals surface area contributed by atoms with Gasteiger partial charge in [0, 0.05) is 22.6 Å². The molecule has 0 amide bonds. The summed E-state index contributed by atoms with van der Waals surface area (Å²) in [7, 11) is -3.18. The van der Waals surface area contributed by atoms with Gasteiger partial charge in [-0.15, -0.1) is 0 Å². The summed E-state index contributed by atoms with van der Waals surface area (Å²) in [6.45, 7) is 0.0541. The van der Waals surface area contributed by atoms with Gasteiger partial charge in [-0.05, 0) is 43.5 Å². The second kappa shape index (κ2) is 6.92. The number of benzene rings is 1.